The minimum atomic E-state index is -0.619. The van der Waals surface area contributed by atoms with Gasteiger partial charge in [-0.1, -0.05) is 23.8 Å². The standard InChI is InChI=1S/C14H22N2O2/c1-9-4-5-10(2)12(6-9)7-14(18)16-8-13(15)11(3)17/h4-6,11,13,17H,7-8,15H2,1-3H3,(H,16,18). The molecule has 100 valence electrons. The molecule has 0 aliphatic heterocycles. The number of carbonyl (C=O) groups is 1. The molecule has 0 bridgehead atoms. The Morgan fingerprint density at radius 1 is 1.44 bits per heavy atom. The summed E-state index contributed by atoms with van der Waals surface area (Å²) in [6.07, 6.45) is -0.272. The van der Waals surface area contributed by atoms with E-state index < -0.39 is 12.1 Å². The molecule has 4 N–H and O–H groups in total. The van der Waals surface area contributed by atoms with E-state index in [1.54, 1.807) is 6.92 Å². The molecule has 1 aromatic carbocycles. The van der Waals surface area contributed by atoms with Gasteiger partial charge in [-0.15, -0.1) is 0 Å². The third-order valence-electron chi connectivity index (χ3n) is 3.01. The fraction of sp³-hybridized carbons (Fsp3) is 0.500. The average Bonchev–Trinajstić information content (AvgIpc) is 2.30. The van der Waals surface area contributed by atoms with Gasteiger partial charge in [0, 0.05) is 12.6 Å². The highest BCUT2D eigenvalue weighted by atomic mass is 16.3. The molecule has 1 aromatic rings. The molecule has 0 aliphatic rings. The van der Waals surface area contributed by atoms with Crippen LogP contribution in [0.15, 0.2) is 18.2 Å². The highest BCUT2D eigenvalue weighted by Gasteiger charge is 2.11. The summed E-state index contributed by atoms with van der Waals surface area (Å²) in [5.41, 5.74) is 8.92. The molecule has 0 aromatic heterocycles. The monoisotopic (exact) mass is 250 g/mol. The number of benzene rings is 1. The number of aliphatic hydroxyl groups excluding tert-OH is 1. The first kappa shape index (κ1) is 14.7. The van der Waals surface area contributed by atoms with Crippen LogP contribution in [0.25, 0.3) is 0 Å². The van der Waals surface area contributed by atoms with E-state index in [9.17, 15) is 9.90 Å². The van der Waals surface area contributed by atoms with Gasteiger partial charge < -0.3 is 16.2 Å². The van der Waals surface area contributed by atoms with Gasteiger partial charge in [0.2, 0.25) is 5.91 Å². The second kappa shape index (κ2) is 6.52. The van der Waals surface area contributed by atoms with Crippen molar-refractivity contribution in [2.75, 3.05) is 6.54 Å². The van der Waals surface area contributed by atoms with Crippen LogP contribution in [0.1, 0.15) is 23.6 Å². The molecule has 0 fully saturated rings. The Hall–Kier alpha value is -1.39. The predicted octanol–water partition coefficient (Wildman–Crippen LogP) is 0.670. The first-order valence-electron chi connectivity index (χ1n) is 6.16. The molecular weight excluding hydrogens is 228 g/mol. The molecule has 0 saturated heterocycles. The van der Waals surface area contributed by atoms with Gasteiger partial charge in [-0.25, -0.2) is 0 Å². The fourth-order valence-electron chi connectivity index (χ4n) is 1.63. The Bertz CT molecular complexity index is 416. The molecule has 18 heavy (non-hydrogen) atoms. The molecule has 0 saturated carbocycles. The van der Waals surface area contributed by atoms with Crippen LogP contribution in [-0.2, 0) is 11.2 Å². The maximum atomic E-state index is 11.8. The molecule has 0 aliphatic carbocycles. The Labute approximate surface area is 108 Å². The van der Waals surface area contributed by atoms with Gasteiger partial charge >= 0.3 is 0 Å². The van der Waals surface area contributed by atoms with E-state index in [0.717, 1.165) is 16.7 Å². The summed E-state index contributed by atoms with van der Waals surface area (Å²) in [6, 6.07) is 5.64. The van der Waals surface area contributed by atoms with Crippen molar-refractivity contribution >= 4 is 5.91 Å². The quantitative estimate of drug-likeness (QED) is 0.719. The van der Waals surface area contributed by atoms with Crippen molar-refractivity contribution in [3.8, 4) is 0 Å². The van der Waals surface area contributed by atoms with E-state index in [-0.39, 0.29) is 5.91 Å². The smallest absolute Gasteiger partial charge is 0.224 e. The summed E-state index contributed by atoms with van der Waals surface area (Å²) in [6.45, 7) is 5.90. The third kappa shape index (κ3) is 4.47. The van der Waals surface area contributed by atoms with Crippen molar-refractivity contribution < 1.29 is 9.90 Å². The second-order valence-electron chi connectivity index (χ2n) is 4.82. The van der Waals surface area contributed by atoms with Crippen LogP contribution in [0.4, 0.5) is 0 Å². The van der Waals surface area contributed by atoms with Crippen molar-refractivity contribution in [2.24, 2.45) is 5.73 Å². The summed E-state index contributed by atoms with van der Waals surface area (Å²) in [5.74, 6) is -0.0696. The molecule has 1 amide bonds. The number of hydrogen-bond donors (Lipinski definition) is 3. The topological polar surface area (TPSA) is 75.4 Å². The maximum absolute atomic E-state index is 11.8. The first-order valence-corrected chi connectivity index (χ1v) is 6.16. The highest BCUT2D eigenvalue weighted by molar-refractivity contribution is 5.79. The average molecular weight is 250 g/mol. The maximum Gasteiger partial charge on any atom is 0.224 e. The summed E-state index contributed by atoms with van der Waals surface area (Å²) in [5, 5.41) is 12.0. The number of carbonyl (C=O) groups excluding carboxylic acids is 1. The fourth-order valence-corrected chi connectivity index (χ4v) is 1.63. The van der Waals surface area contributed by atoms with Crippen LogP contribution >= 0.6 is 0 Å². The number of nitrogens with one attached hydrogen (secondary N) is 1. The molecule has 4 heteroatoms. The van der Waals surface area contributed by atoms with Crippen molar-refractivity contribution in [1.29, 1.82) is 0 Å². The molecule has 2 unspecified atom stereocenters. The summed E-state index contributed by atoms with van der Waals surface area (Å²) in [7, 11) is 0. The predicted molar refractivity (Wildman–Crippen MR) is 72.3 cm³/mol. The SMILES string of the molecule is Cc1ccc(C)c(CC(=O)NCC(N)C(C)O)c1. The summed E-state index contributed by atoms with van der Waals surface area (Å²) < 4.78 is 0. The lowest BCUT2D eigenvalue weighted by Gasteiger charge is -2.15. The number of rotatable bonds is 5. The Balaban J connectivity index is 2.52. The third-order valence-corrected chi connectivity index (χ3v) is 3.01. The lowest BCUT2D eigenvalue weighted by molar-refractivity contribution is -0.120. The van der Waals surface area contributed by atoms with Crippen LogP contribution in [0, 0.1) is 13.8 Å². The summed E-state index contributed by atoms with van der Waals surface area (Å²) in [4.78, 5) is 11.8. The second-order valence-corrected chi connectivity index (χ2v) is 4.82. The zero-order valence-electron chi connectivity index (χ0n) is 11.2. The number of aliphatic hydroxyl groups is 1. The molecule has 0 heterocycles. The van der Waals surface area contributed by atoms with E-state index in [2.05, 4.69) is 5.32 Å². The van der Waals surface area contributed by atoms with Gasteiger partial charge in [-0.3, -0.25) is 4.79 Å². The molecule has 0 spiro atoms. The Morgan fingerprint density at radius 3 is 2.72 bits per heavy atom. The first-order chi connectivity index (χ1) is 8.40. The van der Waals surface area contributed by atoms with Gasteiger partial charge in [-0.2, -0.15) is 0 Å². The van der Waals surface area contributed by atoms with Crippen molar-refractivity contribution in [1.82, 2.24) is 5.32 Å². The van der Waals surface area contributed by atoms with Crippen LogP contribution in [0.3, 0.4) is 0 Å². The lowest BCUT2D eigenvalue weighted by atomic mass is 10.0. The molecule has 2 atom stereocenters. The van der Waals surface area contributed by atoms with Crippen molar-refractivity contribution in [2.45, 2.75) is 39.3 Å². The van der Waals surface area contributed by atoms with Crippen LogP contribution < -0.4 is 11.1 Å². The van der Waals surface area contributed by atoms with E-state index in [1.807, 2.05) is 32.0 Å². The number of hydrogen-bond acceptors (Lipinski definition) is 3. The molecule has 1 rings (SSSR count). The minimum Gasteiger partial charge on any atom is -0.392 e. The number of aryl methyl sites for hydroxylation is 2. The lowest BCUT2D eigenvalue weighted by Crippen LogP contribution is -2.44. The largest absolute Gasteiger partial charge is 0.392 e. The van der Waals surface area contributed by atoms with Gasteiger partial charge in [-0.05, 0) is 31.9 Å². The van der Waals surface area contributed by atoms with E-state index in [0.29, 0.717) is 13.0 Å². The van der Waals surface area contributed by atoms with Crippen LogP contribution in [0.2, 0.25) is 0 Å². The molecule has 4 nitrogen and oxygen atoms in total. The van der Waals surface area contributed by atoms with Crippen LogP contribution in [0.5, 0.6) is 0 Å². The number of nitrogens with two attached hydrogens (primary N) is 1. The zero-order chi connectivity index (χ0) is 13.7. The van der Waals surface area contributed by atoms with Gasteiger partial charge in [0.25, 0.3) is 0 Å². The summed E-state index contributed by atoms with van der Waals surface area (Å²) >= 11 is 0. The van der Waals surface area contributed by atoms with Gasteiger partial charge in [0.15, 0.2) is 0 Å². The van der Waals surface area contributed by atoms with Crippen molar-refractivity contribution in [3.05, 3.63) is 34.9 Å². The molecular formula is C14H22N2O2. The molecule has 0 radical (unpaired) electrons. The number of amides is 1. The van der Waals surface area contributed by atoms with Gasteiger partial charge in [0.05, 0.1) is 12.5 Å². The minimum absolute atomic E-state index is 0.0696. The Morgan fingerprint density at radius 2 is 2.11 bits per heavy atom. The van der Waals surface area contributed by atoms with E-state index >= 15 is 0 Å². The normalized spacial score (nSPS) is 14.1. The Kier molecular flexibility index (Phi) is 5.31. The highest BCUT2D eigenvalue weighted by Crippen LogP contribution is 2.11. The van der Waals surface area contributed by atoms with E-state index in [4.69, 9.17) is 5.73 Å². The zero-order valence-corrected chi connectivity index (χ0v) is 11.2. The van der Waals surface area contributed by atoms with Crippen LogP contribution in [-0.4, -0.2) is 29.7 Å². The van der Waals surface area contributed by atoms with Gasteiger partial charge in [0.1, 0.15) is 0 Å². The van der Waals surface area contributed by atoms with E-state index in [1.165, 1.54) is 0 Å². The van der Waals surface area contributed by atoms with Crippen molar-refractivity contribution in [3.63, 3.8) is 0 Å².